The Morgan fingerprint density at radius 3 is 2.78 bits per heavy atom. The molecule has 0 fully saturated rings. The summed E-state index contributed by atoms with van der Waals surface area (Å²) >= 11 is 0. The van der Waals surface area contributed by atoms with Crippen molar-refractivity contribution >= 4 is 23.1 Å². The molecule has 1 aromatic carbocycles. The molecule has 2 rings (SSSR count). The van der Waals surface area contributed by atoms with E-state index in [1.165, 1.54) is 13.1 Å². The number of nitrogens with zero attached hydrogens (tertiary/aromatic N) is 1. The van der Waals surface area contributed by atoms with Crippen LogP contribution in [0.3, 0.4) is 0 Å². The number of carbonyl (C=O) groups excluding carboxylic acids is 2. The van der Waals surface area contributed by atoms with Gasteiger partial charge in [-0.2, -0.15) is 5.10 Å². The maximum absolute atomic E-state index is 11.8. The van der Waals surface area contributed by atoms with Crippen LogP contribution in [0.2, 0.25) is 0 Å². The van der Waals surface area contributed by atoms with Crippen LogP contribution in [0.5, 0.6) is 0 Å². The molecule has 0 bridgehead atoms. The van der Waals surface area contributed by atoms with E-state index < -0.39 is 5.91 Å². The molecule has 0 spiro atoms. The van der Waals surface area contributed by atoms with Crippen LogP contribution >= 0.6 is 0 Å². The van der Waals surface area contributed by atoms with Crippen molar-refractivity contribution in [3.63, 3.8) is 0 Å². The topological polar surface area (TPSA) is 101 Å². The molecule has 0 aliphatic rings. The first kappa shape index (κ1) is 11.8. The monoisotopic (exact) mass is 244 g/mol. The minimum atomic E-state index is -0.397. The third kappa shape index (κ3) is 2.37. The van der Waals surface area contributed by atoms with E-state index in [1.54, 1.807) is 24.3 Å². The molecule has 1 heterocycles. The Hall–Kier alpha value is -2.63. The number of aromatic amines is 1. The number of nitrogens with one attached hydrogen (secondary N) is 2. The maximum Gasteiger partial charge on any atom is 0.275 e. The zero-order chi connectivity index (χ0) is 13.1. The number of Topliss-reactive ketones (excluding diaryl/α,β-unsaturated/α-hetero) is 1. The van der Waals surface area contributed by atoms with Crippen LogP contribution in [0.1, 0.15) is 27.8 Å². The average molecular weight is 244 g/mol. The zero-order valence-corrected chi connectivity index (χ0v) is 9.73. The van der Waals surface area contributed by atoms with Crippen molar-refractivity contribution in [3.8, 4) is 0 Å². The average Bonchev–Trinajstić information content (AvgIpc) is 2.76. The van der Waals surface area contributed by atoms with E-state index in [0.717, 1.165) is 0 Å². The first-order valence-corrected chi connectivity index (χ1v) is 5.29. The van der Waals surface area contributed by atoms with Gasteiger partial charge in [-0.15, -0.1) is 0 Å². The van der Waals surface area contributed by atoms with Crippen molar-refractivity contribution in [3.05, 3.63) is 41.7 Å². The number of nitrogens with two attached hydrogens (primary N) is 1. The second-order valence-corrected chi connectivity index (χ2v) is 3.79. The second kappa shape index (κ2) is 4.70. The number of benzene rings is 1. The van der Waals surface area contributed by atoms with Crippen LogP contribution in [-0.4, -0.2) is 21.9 Å². The maximum atomic E-state index is 11.8. The lowest BCUT2D eigenvalue weighted by molar-refractivity contribution is 0.100. The van der Waals surface area contributed by atoms with Gasteiger partial charge in [0, 0.05) is 11.3 Å². The second-order valence-electron chi connectivity index (χ2n) is 3.79. The molecule has 4 N–H and O–H groups in total. The summed E-state index contributed by atoms with van der Waals surface area (Å²) in [6.07, 6.45) is 1.36. The predicted octanol–water partition coefficient (Wildman–Crippen LogP) is 1.45. The molecule has 0 radical (unpaired) electrons. The minimum Gasteiger partial charge on any atom is -0.396 e. The highest BCUT2D eigenvalue weighted by Gasteiger charge is 2.12. The van der Waals surface area contributed by atoms with Crippen LogP contribution in [0.15, 0.2) is 30.5 Å². The summed E-state index contributed by atoms with van der Waals surface area (Å²) in [5.74, 6) is -0.460. The zero-order valence-electron chi connectivity index (χ0n) is 9.73. The normalized spacial score (nSPS) is 10.1. The molecule has 1 amide bonds. The summed E-state index contributed by atoms with van der Waals surface area (Å²) in [7, 11) is 0. The molecule has 0 unspecified atom stereocenters. The fraction of sp³-hybridized carbons (Fsp3) is 0.0833. The third-order valence-corrected chi connectivity index (χ3v) is 2.42. The van der Waals surface area contributed by atoms with E-state index in [1.807, 2.05) is 0 Å². The summed E-state index contributed by atoms with van der Waals surface area (Å²) in [6, 6.07) is 6.68. The van der Waals surface area contributed by atoms with Crippen molar-refractivity contribution < 1.29 is 9.59 Å². The van der Waals surface area contributed by atoms with Gasteiger partial charge in [0.1, 0.15) is 5.69 Å². The van der Waals surface area contributed by atoms with E-state index in [-0.39, 0.29) is 17.2 Å². The van der Waals surface area contributed by atoms with Crippen LogP contribution in [0.4, 0.5) is 11.4 Å². The predicted molar refractivity (Wildman–Crippen MR) is 67.4 cm³/mol. The Bertz CT molecular complexity index is 604. The van der Waals surface area contributed by atoms with Crippen molar-refractivity contribution in [2.75, 3.05) is 11.1 Å². The fourth-order valence-electron chi connectivity index (χ4n) is 1.49. The molecule has 0 aliphatic heterocycles. The standard InChI is InChI=1S/C12H12N4O2/c1-7(17)8-3-2-4-9(5-8)15-12(18)11-10(13)6-14-16-11/h2-6H,13H2,1H3,(H,14,16)(H,15,18). The van der Waals surface area contributed by atoms with Gasteiger partial charge in [-0.25, -0.2) is 0 Å². The van der Waals surface area contributed by atoms with E-state index in [4.69, 9.17) is 5.73 Å². The van der Waals surface area contributed by atoms with Crippen LogP contribution < -0.4 is 11.1 Å². The number of rotatable bonds is 3. The highest BCUT2D eigenvalue weighted by atomic mass is 16.2. The number of aromatic nitrogens is 2. The van der Waals surface area contributed by atoms with Gasteiger partial charge in [0.05, 0.1) is 11.9 Å². The number of nitrogen functional groups attached to an aromatic ring is 1. The van der Waals surface area contributed by atoms with Gasteiger partial charge in [-0.05, 0) is 19.1 Å². The van der Waals surface area contributed by atoms with Gasteiger partial charge >= 0.3 is 0 Å². The van der Waals surface area contributed by atoms with Crippen molar-refractivity contribution in [1.82, 2.24) is 10.2 Å². The van der Waals surface area contributed by atoms with Gasteiger partial charge in [-0.3, -0.25) is 14.7 Å². The van der Waals surface area contributed by atoms with Crippen LogP contribution in [-0.2, 0) is 0 Å². The number of ketones is 1. The molecular weight excluding hydrogens is 232 g/mol. The van der Waals surface area contributed by atoms with E-state index in [9.17, 15) is 9.59 Å². The number of anilines is 2. The molecule has 0 aliphatic carbocycles. The smallest absolute Gasteiger partial charge is 0.275 e. The molecule has 0 atom stereocenters. The summed E-state index contributed by atoms with van der Waals surface area (Å²) < 4.78 is 0. The molecular formula is C12H12N4O2. The van der Waals surface area contributed by atoms with Gasteiger partial charge in [0.2, 0.25) is 0 Å². The van der Waals surface area contributed by atoms with E-state index in [2.05, 4.69) is 15.5 Å². The highest BCUT2D eigenvalue weighted by Crippen LogP contribution is 2.14. The highest BCUT2D eigenvalue weighted by molar-refractivity contribution is 6.06. The fourth-order valence-corrected chi connectivity index (χ4v) is 1.49. The number of amides is 1. The Morgan fingerprint density at radius 1 is 1.39 bits per heavy atom. The Labute approximate surface area is 103 Å². The largest absolute Gasteiger partial charge is 0.396 e. The van der Waals surface area contributed by atoms with Gasteiger partial charge < -0.3 is 11.1 Å². The quantitative estimate of drug-likeness (QED) is 0.711. The lowest BCUT2D eigenvalue weighted by Crippen LogP contribution is -2.14. The van der Waals surface area contributed by atoms with Gasteiger partial charge in [0.25, 0.3) is 5.91 Å². The first-order chi connectivity index (χ1) is 8.58. The van der Waals surface area contributed by atoms with Gasteiger partial charge in [0.15, 0.2) is 5.78 Å². The summed E-state index contributed by atoms with van der Waals surface area (Å²) in [5, 5.41) is 8.81. The Morgan fingerprint density at radius 2 is 2.17 bits per heavy atom. The molecule has 6 heteroatoms. The molecule has 6 nitrogen and oxygen atoms in total. The number of hydrogen-bond donors (Lipinski definition) is 3. The SMILES string of the molecule is CC(=O)c1cccc(NC(=O)c2[nH]ncc2N)c1. The lowest BCUT2D eigenvalue weighted by Gasteiger charge is -2.05. The van der Waals surface area contributed by atoms with Gasteiger partial charge in [-0.1, -0.05) is 12.1 Å². The molecule has 2 aromatic rings. The number of carbonyl (C=O) groups is 2. The van der Waals surface area contributed by atoms with E-state index >= 15 is 0 Å². The molecule has 92 valence electrons. The summed E-state index contributed by atoms with van der Waals surface area (Å²) in [4.78, 5) is 23.0. The first-order valence-electron chi connectivity index (χ1n) is 5.29. The molecule has 1 aromatic heterocycles. The minimum absolute atomic E-state index is 0.0628. The molecule has 0 saturated carbocycles. The van der Waals surface area contributed by atoms with Crippen molar-refractivity contribution in [2.24, 2.45) is 0 Å². The Kier molecular flexibility index (Phi) is 3.09. The van der Waals surface area contributed by atoms with Crippen LogP contribution in [0, 0.1) is 0 Å². The number of H-pyrrole nitrogens is 1. The number of hydrogen-bond acceptors (Lipinski definition) is 4. The van der Waals surface area contributed by atoms with Crippen molar-refractivity contribution in [2.45, 2.75) is 6.92 Å². The molecule has 18 heavy (non-hydrogen) atoms. The van der Waals surface area contributed by atoms with E-state index in [0.29, 0.717) is 11.3 Å². The van der Waals surface area contributed by atoms with Crippen LogP contribution in [0.25, 0.3) is 0 Å². The Balaban J connectivity index is 2.20. The lowest BCUT2D eigenvalue weighted by atomic mass is 10.1. The third-order valence-electron chi connectivity index (χ3n) is 2.42. The van der Waals surface area contributed by atoms with Crippen molar-refractivity contribution in [1.29, 1.82) is 0 Å². The summed E-state index contributed by atoms with van der Waals surface area (Å²) in [6.45, 7) is 1.47. The summed E-state index contributed by atoms with van der Waals surface area (Å²) in [5.41, 5.74) is 7.10. The molecule has 0 saturated heterocycles.